The van der Waals surface area contributed by atoms with Crippen molar-refractivity contribution < 1.29 is 14.6 Å². The molecule has 8 nitrogen and oxygen atoms in total. The molecule has 0 spiro atoms. The fraction of sp³-hybridized carbons (Fsp3) is 0.393. The molecule has 0 saturated carbocycles. The fourth-order valence-electron chi connectivity index (χ4n) is 4.07. The van der Waals surface area contributed by atoms with Gasteiger partial charge in [0.2, 0.25) is 5.91 Å². The lowest BCUT2D eigenvalue weighted by molar-refractivity contribution is -0.126. The minimum absolute atomic E-state index is 0.00979. The van der Waals surface area contributed by atoms with E-state index in [2.05, 4.69) is 15.0 Å². The largest absolute Gasteiger partial charge is 0.490 e. The van der Waals surface area contributed by atoms with Crippen LogP contribution in [-0.4, -0.2) is 69.1 Å². The third-order valence-electron chi connectivity index (χ3n) is 6.85. The van der Waals surface area contributed by atoms with Crippen LogP contribution in [0.25, 0.3) is 6.08 Å². The van der Waals surface area contributed by atoms with Crippen molar-refractivity contribution in [3.8, 4) is 5.75 Å². The highest BCUT2D eigenvalue weighted by Gasteiger charge is 2.41. The molecule has 1 aromatic heterocycles. The Labute approximate surface area is 223 Å². The number of aliphatic hydroxyl groups is 1. The van der Waals surface area contributed by atoms with Crippen molar-refractivity contribution in [1.29, 1.82) is 0 Å². The Morgan fingerprint density at radius 3 is 2.32 bits per heavy atom. The predicted octanol–water partition coefficient (Wildman–Crippen LogP) is 4.15. The summed E-state index contributed by atoms with van der Waals surface area (Å²) >= 11 is 5.92. The van der Waals surface area contributed by atoms with Gasteiger partial charge >= 0.3 is 0 Å². The first kappa shape index (κ1) is 26.7. The molecule has 4 rings (SSSR count). The molecule has 37 heavy (non-hydrogen) atoms. The molecular weight excluding hydrogens is 490 g/mol. The second kappa shape index (κ2) is 11.4. The predicted molar refractivity (Wildman–Crippen MR) is 146 cm³/mol. The summed E-state index contributed by atoms with van der Waals surface area (Å²) in [5, 5.41) is 16.2. The molecule has 1 fully saturated rings. The van der Waals surface area contributed by atoms with Crippen molar-refractivity contribution >= 4 is 29.3 Å². The molecule has 1 saturated heterocycles. The molecule has 1 atom stereocenters. The summed E-state index contributed by atoms with van der Waals surface area (Å²) < 4.78 is 7.63. The van der Waals surface area contributed by atoms with E-state index in [1.165, 1.54) is 6.33 Å². The smallest absolute Gasteiger partial charge is 0.246 e. The van der Waals surface area contributed by atoms with Gasteiger partial charge in [-0.1, -0.05) is 44.5 Å². The van der Waals surface area contributed by atoms with E-state index in [1.807, 2.05) is 80.3 Å². The maximum absolute atomic E-state index is 12.6. The van der Waals surface area contributed by atoms with Crippen LogP contribution in [-0.2, 0) is 11.3 Å². The van der Waals surface area contributed by atoms with E-state index in [9.17, 15) is 9.90 Å². The zero-order chi connectivity index (χ0) is 26.5. The van der Waals surface area contributed by atoms with E-state index < -0.39 is 11.0 Å². The van der Waals surface area contributed by atoms with Gasteiger partial charge in [-0.2, -0.15) is 5.10 Å². The van der Waals surface area contributed by atoms with E-state index in [-0.39, 0.29) is 19.1 Å². The van der Waals surface area contributed by atoms with Crippen LogP contribution in [0.5, 0.6) is 5.75 Å². The normalized spacial score (nSPS) is 16.1. The highest BCUT2D eigenvalue weighted by Crippen LogP contribution is 2.33. The summed E-state index contributed by atoms with van der Waals surface area (Å²) in [6.07, 6.45) is 6.48. The lowest BCUT2D eigenvalue weighted by Crippen LogP contribution is -2.51. The Morgan fingerprint density at radius 1 is 1.05 bits per heavy atom. The highest BCUT2D eigenvalue weighted by atomic mass is 35.5. The van der Waals surface area contributed by atoms with Crippen LogP contribution in [0.1, 0.15) is 26.3 Å². The van der Waals surface area contributed by atoms with Gasteiger partial charge in [0.25, 0.3) is 0 Å². The van der Waals surface area contributed by atoms with Gasteiger partial charge in [-0.25, -0.2) is 9.67 Å². The Morgan fingerprint density at radius 2 is 1.73 bits per heavy atom. The number of hydrogen-bond donors (Lipinski definition) is 1. The number of benzene rings is 2. The second-order valence-corrected chi connectivity index (χ2v) is 10.8. The molecular formula is C28H34ClN5O3. The molecule has 0 radical (unpaired) electrons. The van der Waals surface area contributed by atoms with E-state index >= 15 is 0 Å². The number of aromatic nitrogens is 3. The maximum Gasteiger partial charge on any atom is 0.246 e. The number of carbonyl (C=O) groups excluding carboxylic acids is 1. The SMILES string of the molecule is CC(C)(C)C(O)(COc1ccc(N2CCN(C(=O)/C=C/c3ccc(Cl)cc3)CC2)cc1)Cn1cncn1. The molecule has 1 aliphatic rings. The van der Waals surface area contributed by atoms with Crippen molar-refractivity contribution in [3.05, 3.63) is 77.8 Å². The van der Waals surface area contributed by atoms with Crippen LogP contribution in [0.15, 0.2) is 67.3 Å². The second-order valence-electron chi connectivity index (χ2n) is 10.4. The molecule has 1 amide bonds. The van der Waals surface area contributed by atoms with Gasteiger partial charge in [0.15, 0.2) is 0 Å². The highest BCUT2D eigenvalue weighted by molar-refractivity contribution is 6.30. The van der Waals surface area contributed by atoms with Gasteiger partial charge in [-0.3, -0.25) is 4.79 Å². The average molecular weight is 524 g/mol. The van der Waals surface area contributed by atoms with E-state index in [0.717, 1.165) is 24.3 Å². The standard InChI is InChI=1S/C28H34ClN5O3/c1-27(2,3)28(36,18-34-21-30-20-31-34)19-37-25-11-9-24(10-12-25)32-14-16-33(17-15-32)26(35)13-6-22-4-7-23(29)8-5-22/h4-13,20-21,36H,14-19H2,1-3H3/b13-6+. The summed E-state index contributed by atoms with van der Waals surface area (Å²) in [4.78, 5) is 20.7. The molecule has 0 aliphatic carbocycles. The van der Waals surface area contributed by atoms with E-state index in [0.29, 0.717) is 23.9 Å². The van der Waals surface area contributed by atoms with Crippen LogP contribution < -0.4 is 9.64 Å². The van der Waals surface area contributed by atoms with Gasteiger partial charge in [-0.05, 0) is 53.5 Å². The molecule has 2 heterocycles. The Balaban J connectivity index is 1.29. The Bertz CT molecular complexity index is 1180. The van der Waals surface area contributed by atoms with Gasteiger partial charge in [0.05, 0.1) is 6.54 Å². The lowest BCUT2D eigenvalue weighted by Gasteiger charge is -2.39. The van der Waals surface area contributed by atoms with Crippen LogP contribution in [0, 0.1) is 5.41 Å². The number of ether oxygens (including phenoxy) is 1. The number of hydrogen-bond acceptors (Lipinski definition) is 6. The minimum Gasteiger partial charge on any atom is -0.490 e. The lowest BCUT2D eigenvalue weighted by atomic mass is 9.77. The Kier molecular flexibility index (Phi) is 8.19. The first-order valence-corrected chi connectivity index (χ1v) is 12.8. The summed E-state index contributed by atoms with van der Waals surface area (Å²) in [5.74, 6) is 0.696. The summed E-state index contributed by atoms with van der Waals surface area (Å²) in [6, 6.07) is 15.3. The number of rotatable bonds is 8. The molecule has 1 unspecified atom stereocenters. The number of nitrogens with zero attached hydrogens (tertiary/aromatic N) is 5. The molecule has 2 aromatic carbocycles. The van der Waals surface area contributed by atoms with Crippen LogP contribution in [0.3, 0.4) is 0 Å². The molecule has 0 bridgehead atoms. The van der Waals surface area contributed by atoms with Gasteiger partial charge in [0.1, 0.15) is 30.6 Å². The first-order chi connectivity index (χ1) is 17.6. The van der Waals surface area contributed by atoms with Gasteiger partial charge in [-0.15, -0.1) is 0 Å². The summed E-state index contributed by atoms with van der Waals surface area (Å²) in [5.41, 5.74) is 0.451. The topological polar surface area (TPSA) is 83.7 Å². The van der Waals surface area contributed by atoms with E-state index in [4.69, 9.17) is 16.3 Å². The van der Waals surface area contributed by atoms with Crippen molar-refractivity contribution in [2.24, 2.45) is 5.41 Å². The van der Waals surface area contributed by atoms with Crippen LogP contribution in [0.2, 0.25) is 5.02 Å². The molecule has 9 heteroatoms. The number of halogens is 1. The van der Waals surface area contributed by atoms with Crippen molar-refractivity contribution in [2.45, 2.75) is 32.9 Å². The molecule has 1 N–H and O–H groups in total. The zero-order valence-corrected chi connectivity index (χ0v) is 22.3. The van der Waals surface area contributed by atoms with Crippen LogP contribution >= 0.6 is 11.6 Å². The third-order valence-corrected chi connectivity index (χ3v) is 7.10. The van der Waals surface area contributed by atoms with Crippen molar-refractivity contribution in [2.75, 3.05) is 37.7 Å². The average Bonchev–Trinajstić information content (AvgIpc) is 3.39. The van der Waals surface area contributed by atoms with E-state index in [1.54, 1.807) is 17.1 Å². The van der Waals surface area contributed by atoms with Crippen molar-refractivity contribution in [3.63, 3.8) is 0 Å². The molecule has 196 valence electrons. The first-order valence-electron chi connectivity index (χ1n) is 12.4. The number of anilines is 1. The number of carbonyl (C=O) groups is 1. The molecule has 1 aliphatic heterocycles. The molecule has 3 aromatic rings. The zero-order valence-electron chi connectivity index (χ0n) is 21.5. The van der Waals surface area contributed by atoms with Crippen molar-refractivity contribution in [1.82, 2.24) is 19.7 Å². The Hall–Kier alpha value is -3.36. The van der Waals surface area contributed by atoms with Gasteiger partial charge < -0.3 is 19.6 Å². The quantitative estimate of drug-likeness (QED) is 0.447. The van der Waals surface area contributed by atoms with Crippen LogP contribution in [0.4, 0.5) is 5.69 Å². The number of amides is 1. The van der Waals surface area contributed by atoms with Gasteiger partial charge in [0, 0.05) is 43.0 Å². The summed E-state index contributed by atoms with van der Waals surface area (Å²) in [6.45, 7) is 9.17. The fourth-order valence-corrected chi connectivity index (χ4v) is 4.20. The third kappa shape index (κ3) is 6.90. The monoisotopic (exact) mass is 523 g/mol. The number of piperazine rings is 1. The summed E-state index contributed by atoms with van der Waals surface area (Å²) in [7, 11) is 0. The maximum atomic E-state index is 12.6. The minimum atomic E-state index is -1.13.